The fourth-order valence-electron chi connectivity index (χ4n) is 0.675. The summed E-state index contributed by atoms with van der Waals surface area (Å²) in [4.78, 5) is 0. The Morgan fingerprint density at radius 1 is 1.10 bits per heavy atom. The van der Waals surface area contributed by atoms with Crippen molar-refractivity contribution < 1.29 is 0 Å². The summed E-state index contributed by atoms with van der Waals surface area (Å²) in [5.74, 6) is 0. The molecule has 10 heavy (non-hydrogen) atoms. The summed E-state index contributed by atoms with van der Waals surface area (Å²) < 4.78 is 0.284. The van der Waals surface area contributed by atoms with Crippen LogP contribution in [0, 0.1) is 0 Å². The minimum atomic E-state index is 0.284. The summed E-state index contributed by atoms with van der Waals surface area (Å²) in [5, 5.41) is 0. The summed E-state index contributed by atoms with van der Waals surface area (Å²) in [6, 6.07) is 9.68. The van der Waals surface area contributed by atoms with Gasteiger partial charge in [-0.1, -0.05) is 53.5 Å². The van der Waals surface area contributed by atoms with Crippen molar-refractivity contribution in [2.24, 2.45) is 0 Å². The Labute approximate surface area is 70.1 Å². The van der Waals surface area contributed by atoms with E-state index in [9.17, 15) is 0 Å². The summed E-state index contributed by atoms with van der Waals surface area (Å²) in [7, 11) is 0. The molecule has 0 amide bonds. The molecule has 0 nitrogen and oxygen atoms in total. The average molecular weight is 173 g/mol. The van der Waals surface area contributed by atoms with Gasteiger partial charge in [0.05, 0.1) is 0 Å². The number of hydrogen-bond donors (Lipinski definition) is 0. The number of halogens is 2. The molecule has 0 N–H and O–H groups in total. The van der Waals surface area contributed by atoms with Crippen molar-refractivity contribution in [3.8, 4) is 0 Å². The normalized spacial score (nSPS) is 9.00. The predicted molar refractivity (Wildman–Crippen MR) is 46.1 cm³/mol. The molecule has 0 bridgehead atoms. The molecule has 0 spiro atoms. The van der Waals surface area contributed by atoms with Gasteiger partial charge < -0.3 is 0 Å². The molecule has 0 atom stereocenters. The van der Waals surface area contributed by atoms with Gasteiger partial charge >= 0.3 is 0 Å². The lowest BCUT2D eigenvalue weighted by Gasteiger charge is -1.88. The van der Waals surface area contributed by atoms with Gasteiger partial charge in [-0.05, 0) is 11.6 Å². The first kappa shape index (κ1) is 7.64. The Bertz CT molecular complexity index is 222. The minimum Gasteiger partial charge on any atom is -0.0709 e. The van der Waals surface area contributed by atoms with Crippen LogP contribution in [0.4, 0.5) is 0 Å². The molecule has 0 heterocycles. The highest BCUT2D eigenvalue weighted by atomic mass is 35.5. The quantitative estimate of drug-likeness (QED) is 0.609. The van der Waals surface area contributed by atoms with Crippen LogP contribution in [0.5, 0.6) is 0 Å². The Kier molecular flexibility index (Phi) is 2.79. The van der Waals surface area contributed by atoms with Crippen LogP contribution in [-0.2, 0) is 0 Å². The molecule has 1 aromatic carbocycles. The molecule has 0 saturated carbocycles. The fraction of sp³-hybridized carbons (Fsp3) is 0. The lowest BCUT2D eigenvalue weighted by molar-refractivity contribution is 1.66. The first-order valence-electron chi connectivity index (χ1n) is 2.87. The van der Waals surface area contributed by atoms with Gasteiger partial charge in [-0.2, -0.15) is 0 Å². The SMILES string of the molecule is ClC(Cl)=Cc1ccccc1. The molecular formula is C8H6Cl2. The second-order valence-electron chi connectivity index (χ2n) is 1.84. The van der Waals surface area contributed by atoms with Crippen LogP contribution in [0.2, 0.25) is 0 Å². The summed E-state index contributed by atoms with van der Waals surface area (Å²) >= 11 is 10.9. The van der Waals surface area contributed by atoms with Crippen molar-refractivity contribution in [3.63, 3.8) is 0 Å². The van der Waals surface area contributed by atoms with Gasteiger partial charge in [0.1, 0.15) is 4.49 Å². The monoisotopic (exact) mass is 172 g/mol. The molecule has 0 aromatic heterocycles. The van der Waals surface area contributed by atoms with E-state index in [1.807, 2.05) is 30.3 Å². The van der Waals surface area contributed by atoms with Crippen molar-refractivity contribution in [1.82, 2.24) is 0 Å². The molecule has 0 fully saturated rings. The number of hydrogen-bond acceptors (Lipinski definition) is 0. The van der Waals surface area contributed by atoms with E-state index < -0.39 is 0 Å². The maximum atomic E-state index is 5.44. The van der Waals surface area contributed by atoms with Gasteiger partial charge in [-0.15, -0.1) is 0 Å². The van der Waals surface area contributed by atoms with Crippen LogP contribution in [-0.4, -0.2) is 0 Å². The van der Waals surface area contributed by atoms with Gasteiger partial charge in [0.15, 0.2) is 0 Å². The lowest BCUT2D eigenvalue weighted by atomic mass is 10.2. The molecule has 0 saturated heterocycles. The summed E-state index contributed by atoms with van der Waals surface area (Å²) in [5.41, 5.74) is 1.02. The lowest BCUT2D eigenvalue weighted by Crippen LogP contribution is -1.67. The average Bonchev–Trinajstić information content (AvgIpc) is 1.88. The molecule has 52 valence electrons. The Balaban J connectivity index is 2.87. The number of benzene rings is 1. The zero-order valence-electron chi connectivity index (χ0n) is 5.22. The van der Waals surface area contributed by atoms with Crippen molar-refractivity contribution in [3.05, 3.63) is 40.4 Å². The van der Waals surface area contributed by atoms with Gasteiger partial charge in [0, 0.05) is 0 Å². The third-order valence-corrected chi connectivity index (χ3v) is 1.29. The predicted octanol–water partition coefficient (Wildman–Crippen LogP) is 3.46. The van der Waals surface area contributed by atoms with E-state index >= 15 is 0 Å². The molecule has 1 rings (SSSR count). The third kappa shape index (κ3) is 2.42. The first-order valence-corrected chi connectivity index (χ1v) is 3.62. The first-order chi connectivity index (χ1) is 4.79. The van der Waals surface area contributed by atoms with E-state index in [-0.39, 0.29) is 4.49 Å². The zero-order chi connectivity index (χ0) is 7.40. The van der Waals surface area contributed by atoms with Crippen LogP contribution in [0.1, 0.15) is 5.56 Å². The van der Waals surface area contributed by atoms with Crippen LogP contribution >= 0.6 is 23.2 Å². The Morgan fingerprint density at radius 3 is 2.20 bits per heavy atom. The molecule has 0 aliphatic rings. The molecule has 0 aliphatic heterocycles. The highest BCUT2D eigenvalue weighted by molar-refractivity contribution is 6.57. The topological polar surface area (TPSA) is 0 Å². The van der Waals surface area contributed by atoms with Crippen molar-refractivity contribution in [1.29, 1.82) is 0 Å². The summed E-state index contributed by atoms with van der Waals surface area (Å²) in [6.07, 6.45) is 1.70. The van der Waals surface area contributed by atoms with Crippen LogP contribution in [0.15, 0.2) is 34.8 Å². The maximum absolute atomic E-state index is 5.44. The van der Waals surface area contributed by atoms with Gasteiger partial charge in [0.25, 0.3) is 0 Å². The standard InChI is InChI=1S/C8H6Cl2/c9-8(10)6-7-4-2-1-3-5-7/h1-6H. The van der Waals surface area contributed by atoms with E-state index in [0.29, 0.717) is 0 Å². The highest BCUT2D eigenvalue weighted by Gasteiger charge is 1.85. The van der Waals surface area contributed by atoms with Crippen LogP contribution < -0.4 is 0 Å². The minimum absolute atomic E-state index is 0.284. The Morgan fingerprint density at radius 2 is 1.70 bits per heavy atom. The third-order valence-electron chi connectivity index (χ3n) is 1.08. The second kappa shape index (κ2) is 3.65. The molecule has 2 heteroatoms. The van der Waals surface area contributed by atoms with Crippen LogP contribution in [0.3, 0.4) is 0 Å². The van der Waals surface area contributed by atoms with Crippen molar-refractivity contribution in [2.75, 3.05) is 0 Å². The van der Waals surface area contributed by atoms with E-state index in [4.69, 9.17) is 23.2 Å². The smallest absolute Gasteiger partial charge is 0.0709 e. The second-order valence-corrected chi connectivity index (χ2v) is 2.85. The molecular weight excluding hydrogens is 167 g/mol. The van der Waals surface area contributed by atoms with Crippen molar-refractivity contribution >= 4 is 29.3 Å². The molecule has 0 aliphatic carbocycles. The van der Waals surface area contributed by atoms with Crippen LogP contribution in [0.25, 0.3) is 6.08 Å². The van der Waals surface area contributed by atoms with Gasteiger partial charge in [-0.25, -0.2) is 0 Å². The fourth-order valence-corrected chi connectivity index (χ4v) is 0.927. The maximum Gasteiger partial charge on any atom is 0.107 e. The highest BCUT2D eigenvalue weighted by Crippen LogP contribution is 2.12. The largest absolute Gasteiger partial charge is 0.107 e. The Hall–Kier alpha value is -0.460. The van der Waals surface area contributed by atoms with Crippen molar-refractivity contribution in [2.45, 2.75) is 0 Å². The molecule has 0 unspecified atom stereocenters. The van der Waals surface area contributed by atoms with Gasteiger partial charge in [-0.3, -0.25) is 0 Å². The zero-order valence-corrected chi connectivity index (χ0v) is 6.73. The van der Waals surface area contributed by atoms with E-state index in [1.165, 1.54) is 0 Å². The van der Waals surface area contributed by atoms with E-state index in [2.05, 4.69) is 0 Å². The van der Waals surface area contributed by atoms with E-state index in [1.54, 1.807) is 6.08 Å². The number of rotatable bonds is 1. The molecule has 1 aromatic rings. The van der Waals surface area contributed by atoms with E-state index in [0.717, 1.165) is 5.56 Å². The van der Waals surface area contributed by atoms with Gasteiger partial charge in [0.2, 0.25) is 0 Å². The molecule has 0 radical (unpaired) electrons. The summed E-state index contributed by atoms with van der Waals surface area (Å²) in [6.45, 7) is 0.